The van der Waals surface area contributed by atoms with Crippen LogP contribution in [0.1, 0.15) is 29.3 Å². The third-order valence-corrected chi connectivity index (χ3v) is 3.47. The van der Waals surface area contributed by atoms with Gasteiger partial charge in [0.15, 0.2) is 5.82 Å². The van der Waals surface area contributed by atoms with Crippen molar-refractivity contribution in [3.63, 3.8) is 0 Å². The van der Waals surface area contributed by atoms with E-state index >= 15 is 0 Å². The van der Waals surface area contributed by atoms with Gasteiger partial charge < -0.3 is 9.84 Å². The van der Waals surface area contributed by atoms with E-state index in [1.54, 1.807) is 0 Å². The molecule has 0 saturated carbocycles. The lowest BCUT2D eigenvalue weighted by Gasteiger charge is -2.25. The van der Waals surface area contributed by atoms with Crippen LogP contribution < -0.4 is 5.32 Å². The van der Waals surface area contributed by atoms with Gasteiger partial charge in [0.2, 0.25) is 5.89 Å². The highest BCUT2D eigenvalue weighted by Crippen LogP contribution is 2.21. The molecule has 1 N–H and O–H groups in total. The molecule has 0 fully saturated rings. The van der Waals surface area contributed by atoms with Crippen LogP contribution in [-0.4, -0.2) is 16.2 Å². The Kier molecular flexibility index (Phi) is 3.11. The molecule has 18 heavy (non-hydrogen) atoms. The Bertz CT molecular complexity index is 535. The van der Waals surface area contributed by atoms with Gasteiger partial charge in [0.25, 0.3) is 0 Å². The lowest BCUT2D eigenvalue weighted by molar-refractivity contribution is 0.380. The molecule has 0 aliphatic heterocycles. The summed E-state index contributed by atoms with van der Waals surface area (Å²) in [7, 11) is 0. The van der Waals surface area contributed by atoms with E-state index in [0.29, 0.717) is 18.5 Å². The largest absolute Gasteiger partial charge is 0.340 e. The fourth-order valence-electron chi connectivity index (χ4n) is 2.52. The Hall–Kier alpha value is -1.68. The first-order valence-corrected chi connectivity index (χ1v) is 6.40. The first-order valence-electron chi connectivity index (χ1n) is 6.40. The molecule has 0 amide bonds. The van der Waals surface area contributed by atoms with E-state index in [1.807, 2.05) is 6.92 Å². The van der Waals surface area contributed by atoms with E-state index in [2.05, 4.69) is 39.7 Å². The molecule has 2 aromatic rings. The molecule has 1 aliphatic rings. The Balaban J connectivity index is 1.59. The second kappa shape index (κ2) is 4.90. The van der Waals surface area contributed by atoms with E-state index in [9.17, 15) is 0 Å². The zero-order valence-corrected chi connectivity index (χ0v) is 10.5. The molecule has 94 valence electrons. The van der Waals surface area contributed by atoms with Gasteiger partial charge in [0, 0.05) is 13.0 Å². The van der Waals surface area contributed by atoms with Crippen molar-refractivity contribution in [1.29, 1.82) is 0 Å². The van der Waals surface area contributed by atoms with E-state index in [1.165, 1.54) is 17.5 Å². The summed E-state index contributed by atoms with van der Waals surface area (Å²) in [5.41, 5.74) is 2.96. The van der Waals surface area contributed by atoms with Crippen molar-refractivity contribution >= 4 is 0 Å². The highest BCUT2D eigenvalue weighted by Gasteiger charge is 2.18. The molecule has 3 rings (SSSR count). The van der Waals surface area contributed by atoms with Crippen LogP contribution in [0.15, 0.2) is 28.8 Å². The lowest BCUT2D eigenvalue weighted by atomic mass is 9.88. The zero-order chi connectivity index (χ0) is 12.4. The van der Waals surface area contributed by atoms with Crippen LogP contribution in [0, 0.1) is 6.92 Å². The minimum absolute atomic E-state index is 0.513. The molecule has 4 nitrogen and oxygen atoms in total. The van der Waals surface area contributed by atoms with Crippen LogP contribution in [0.3, 0.4) is 0 Å². The van der Waals surface area contributed by atoms with E-state index in [0.717, 1.165) is 18.7 Å². The number of nitrogens with one attached hydrogen (secondary N) is 1. The molecule has 1 aromatic carbocycles. The summed E-state index contributed by atoms with van der Waals surface area (Å²) in [6.45, 7) is 2.50. The van der Waals surface area contributed by atoms with Crippen molar-refractivity contribution in [2.45, 2.75) is 38.8 Å². The number of fused-ring (bicyclic) bond motifs is 1. The maximum Gasteiger partial charge on any atom is 0.223 e. The van der Waals surface area contributed by atoms with Gasteiger partial charge in [0.05, 0.1) is 6.54 Å². The lowest BCUT2D eigenvalue weighted by Crippen LogP contribution is -2.34. The molecule has 1 unspecified atom stereocenters. The summed E-state index contributed by atoms with van der Waals surface area (Å²) in [5.74, 6) is 1.37. The predicted molar refractivity (Wildman–Crippen MR) is 68.1 cm³/mol. The minimum atomic E-state index is 0.513. The molecule has 1 heterocycles. The van der Waals surface area contributed by atoms with Crippen LogP contribution in [0.5, 0.6) is 0 Å². The van der Waals surface area contributed by atoms with Crippen LogP contribution in [0.25, 0.3) is 0 Å². The van der Waals surface area contributed by atoms with Crippen molar-refractivity contribution < 1.29 is 4.52 Å². The predicted octanol–water partition coefficient (Wildman–Crippen LogP) is 2.03. The van der Waals surface area contributed by atoms with Gasteiger partial charge in [-0.05, 0) is 30.4 Å². The third-order valence-electron chi connectivity index (χ3n) is 3.47. The van der Waals surface area contributed by atoms with Crippen molar-refractivity contribution in [2.24, 2.45) is 0 Å². The van der Waals surface area contributed by atoms with Gasteiger partial charge in [-0.2, -0.15) is 4.98 Å². The topological polar surface area (TPSA) is 51.0 Å². The maximum atomic E-state index is 4.96. The summed E-state index contributed by atoms with van der Waals surface area (Å²) < 4.78 is 4.96. The maximum absolute atomic E-state index is 4.96. The minimum Gasteiger partial charge on any atom is -0.340 e. The molecule has 4 heteroatoms. The van der Waals surface area contributed by atoms with Crippen LogP contribution in [0.4, 0.5) is 0 Å². The van der Waals surface area contributed by atoms with Crippen molar-refractivity contribution in [3.05, 3.63) is 47.1 Å². The summed E-state index contributed by atoms with van der Waals surface area (Å²) in [5, 5.41) is 7.40. The molecule has 0 bridgehead atoms. The van der Waals surface area contributed by atoms with Gasteiger partial charge in [0.1, 0.15) is 0 Å². The van der Waals surface area contributed by atoms with Gasteiger partial charge >= 0.3 is 0 Å². The number of hydrogen-bond donors (Lipinski definition) is 1. The van der Waals surface area contributed by atoms with E-state index < -0.39 is 0 Å². The molecule has 0 saturated heterocycles. The molecule has 1 aromatic heterocycles. The molecule has 0 radical (unpaired) electrons. The van der Waals surface area contributed by atoms with Crippen LogP contribution >= 0.6 is 0 Å². The molecule has 0 spiro atoms. The quantitative estimate of drug-likeness (QED) is 0.896. The SMILES string of the molecule is Cc1nc(CNC2CCc3ccccc3C2)no1. The number of aromatic nitrogens is 2. The molecular weight excluding hydrogens is 226 g/mol. The van der Waals surface area contributed by atoms with Crippen molar-refractivity contribution in [3.8, 4) is 0 Å². The Morgan fingerprint density at radius 2 is 2.17 bits per heavy atom. The van der Waals surface area contributed by atoms with Crippen LogP contribution in [-0.2, 0) is 19.4 Å². The number of rotatable bonds is 3. The monoisotopic (exact) mass is 243 g/mol. The number of aryl methyl sites for hydroxylation is 2. The zero-order valence-electron chi connectivity index (χ0n) is 10.5. The van der Waals surface area contributed by atoms with Crippen LogP contribution in [0.2, 0.25) is 0 Å². The second-order valence-electron chi connectivity index (χ2n) is 4.82. The van der Waals surface area contributed by atoms with Gasteiger partial charge in [-0.3, -0.25) is 0 Å². The third kappa shape index (κ3) is 2.43. The van der Waals surface area contributed by atoms with Crippen molar-refractivity contribution in [1.82, 2.24) is 15.5 Å². The summed E-state index contributed by atoms with van der Waals surface area (Å²) >= 11 is 0. The highest BCUT2D eigenvalue weighted by atomic mass is 16.5. The first-order chi connectivity index (χ1) is 8.81. The summed E-state index contributed by atoms with van der Waals surface area (Å²) in [4.78, 5) is 4.20. The van der Waals surface area contributed by atoms with E-state index in [-0.39, 0.29) is 0 Å². The number of nitrogens with zero attached hydrogens (tertiary/aromatic N) is 2. The molecule has 1 aliphatic carbocycles. The van der Waals surface area contributed by atoms with Gasteiger partial charge in [-0.25, -0.2) is 0 Å². The Morgan fingerprint density at radius 3 is 2.94 bits per heavy atom. The fraction of sp³-hybridized carbons (Fsp3) is 0.429. The summed E-state index contributed by atoms with van der Waals surface area (Å²) in [6, 6.07) is 9.20. The fourth-order valence-corrected chi connectivity index (χ4v) is 2.52. The summed E-state index contributed by atoms with van der Waals surface area (Å²) in [6.07, 6.45) is 3.42. The normalized spacial score (nSPS) is 18.6. The van der Waals surface area contributed by atoms with Gasteiger partial charge in [-0.1, -0.05) is 29.4 Å². The number of benzene rings is 1. The smallest absolute Gasteiger partial charge is 0.223 e. The first kappa shape index (κ1) is 11.4. The molecule has 1 atom stereocenters. The highest BCUT2D eigenvalue weighted by molar-refractivity contribution is 5.30. The average molecular weight is 243 g/mol. The van der Waals surface area contributed by atoms with E-state index in [4.69, 9.17) is 4.52 Å². The Labute approximate surface area is 106 Å². The van der Waals surface area contributed by atoms with Crippen molar-refractivity contribution in [2.75, 3.05) is 0 Å². The molecular formula is C14H17N3O. The standard InChI is InChI=1S/C14H17N3O/c1-10-16-14(17-18-10)9-15-13-7-6-11-4-2-3-5-12(11)8-13/h2-5,13,15H,6-9H2,1H3. The van der Waals surface area contributed by atoms with Gasteiger partial charge in [-0.15, -0.1) is 0 Å². The average Bonchev–Trinajstić information content (AvgIpc) is 2.82. The number of hydrogen-bond acceptors (Lipinski definition) is 4. The second-order valence-corrected chi connectivity index (χ2v) is 4.82. The Morgan fingerprint density at radius 1 is 1.33 bits per heavy atom.